The molecule has 0 aliphatic heterocycles. The van der Waals surface area contributed by atoms with Gasteiger partial charge in [0.2, 0.25) is 0 Å². The molecule has 1 aromatic rings. The highest BCUT2D eigenvalue weighted by molar-refractivity contribution is 5.92. The van der Waals surface area contributed by atoms with E-state index in [9.17, 15) is 9.18 Å². The predicted molar refractivity (Wildman–Crippen MR) is 42.8 cm³/mol. The lowest BCUT2D eigenvalue weighted by molar-refractivity contribution is 0.0695. The Labute approximate surface area is 74.0 Å². The highest BCUT2D eigenvalue weighted by Gasteiger charge is 2.16. The van der Waals surface area contributed by atoms with E-state index in [0.717, 1.165) is 6.07 Å². The summed E-state index contributed by atoms with van der Waals surface area (Å²) >= 11 is 0. The Balaban J connectivity index is 3.55. The summed E-state index contributed by atoms with van der Waals surface area (Å²) in [7, 11) is 0. The number of nitriles is 1. The van der Waals surface area contributed by atoms with E-state index in [4.69, 9.17) is 10.4 Å². The molecule has 0 aliphatic carbocycles. The molecule has 4 heteroatoms. The van der Waals surface area contributed by atoms with E-state index in [2.05, 4.69) is 0 Å². The van der Waals surface area contributed by atoms with Gasteiger partial charge in [0.15, 0.2) is 0 Å². The van der Waals surface area contributed by atoms with E-state index in [0.29, 0.717) is 5.56 Å². The SMILES string of the molecule is Cc1ccc(F)c(C#N)c1C(=O)O. The third-order valence-electron chi connectivity index (χ3n) is 1.69. The Hall–Kier alpha value is -1.89. The molecule has 0 fully saturated rings. The molecule has 1 rings (SSSR count). The van der Waals surface area contributed by atoms with Crippen molar-refractivity contribution in [1.29, 1.82) is 5.26 Å². The molecule has 0 bridgehead atoms. The second-order valence-corrected chi connectivity index (χ2v) is 2.53. The van der Waals surface area contributed by atoms with Crippen LogP contribution in [0.15, 0.2) is 12.1 Å². The number of aromatic carboxylic acids is 1. The fourth-order valence-electron chi connectivity index (χ4n) is 1.07. The number of benzene rings is 1. The topological polar surface area (TPSA) is 61.1 Å². The van der Waals surface area contributed by atoms with Crippen molar-refractivity contribution in [2.45, 2.75) is 6.92 Å². The van der Waals surface area contributed by atoms with Gasteiger partial charge in [-0.05, 0) is 18.6 Å². The van der Waals surface area contributed by atoms with Gasteiger partial charge in [0.1, 0.15) is 17.4 Å². The van der Waals surface area contributed by atoms with Gasteiger partial charge < -0.3 is 5.11 Å². The van der Waals surface area contributed by atoms with Crippen LogP contribution in [0.4, 0.5) is 4.39 Å². The number of halogens is 1. The second kappa shape index (κ2) is 3.23. The van der Waals surface area contributed by atoms with Gasteiger partial charge in [-0.3, -0.25) is 0 Å². The lowest BCUT2D eigenvalue weighted by atomic mass is 10.0. The maximum atomic E-state index is 12.9. The normalized spacial score (nSPS) is 9.31. The Kier molecular flexibility index (Phi) is 2.29. The summed E-state index contributed by atoms with van der Waals surface area (Å²) < 4.78 is 12.9. The molecule has 0 saturated heterocycles. The van der Waals surface area contributed by atoms with Crippen molar-refractivity contribution < 1.29 is 14.3 Å². The van der Waals surface area contributed by atoms with Crippen LogP contribution in [0.2, 0.25) is 0 Å². The van der Waals surface area contributed by atoms with E-state index in [1.54, 1.807) is 0 Å². The minimum atomic E-state index is -1.28. The maximum Gasteiger partial charge on any atom is 0.337 e. The number of hydrogen-bond acceptors (Lipinski definition) is 2. The van der Waals surface area contributed by atoms with Crippen LogP contribution in [0.25, 0.3) is 0 Å². The number of carbonyl (C=O) groups is 1. The number of hydrogen-bond donors (Lipinski definition) is 1. The van der Waals surface area contributed by atoms with Gasteiger partial charge in [-0.15, -0.1) is 0 Å². The molecule has 0 unspecified atom stereocenters. The summed E-state index contributed by atoms with van der Waals surface area (Å²) in [5.74, 6) is -2.08. The molecule has 0 aliphatic rings. The minimum absolute atomic E-state index is 0.262. The van der Waals surface area contributed by atoms with Crippen molar-refractivity contribution in [3.63, 3.8) is 0 Å². The molecule has 0 atom stereocenters. The van der Waals surface area contributed by atoms with Gasteiger partial charge in [0.25, 0.3) is 0 Å². The zero-order valence-corrected chi connectivity index (χ0v) is 6.84. The lowest BCUT2D eigenvalue weighted by Gasteiger charge is -2.02. The molecule has 1 N–H and O–H groups in total. The smallest absolute Gasteiger partial charge is 0.337 e. The number of rotatable bonds is 1. The first-order valence-electron chi connectivity index (χ1n) is 3.50. The number of carboxylic acids is 1. The summed E-state index contributed by atoms with van der Waals surface area (Å²) in [6.07, 6.45) is 0. The fourth-order valence-corrected chi connectivity index (χ4v) is 1.07. The Morgan fingerprint density at radius 3 is 2.62 bits per heavy atom. The van der Waals surface area contributed by atoms with Gasteiger partial charge in [0.05, 0.1) is 5.56 Å². The van der Waals surface area contributed by atoms with E-state index in [1.807, 2.05) is 0 Å². The maximum absolute atomic E-state index is 12.9. The zero-order chi connectivity index (χ0) is 10.0. The number of nitrogens with zero attached hydrogens (tertiary/aromatic N) is 1. The first-order chi connectivity index (χ1) is 6.07. The van der Waals surface area contributed by atoms with Gasteiger partial charge >= 0.3 is 5.97 Å². The van der Waals surface area contributed by atoms with Crippen LogP contribution in [0.3, 0.4) is 0 Å². The quantitative estimate of drug-likeness (QED) is 0.713. The van der Waals surface area contributed by atoms with Crippen LogP contribution in [0.1, 0.15) is 21.5 Å². The molecule has 66 valence electrons. The molecular weight excluding hydrogens is 173 g/mol. The van der Waals surface area contributed by atoms with E-state index >= 15 is 0 Å². The molecule has 0 radical (unpaired) electrons. The second-order valence-electron chi connectivity index (χ2n) is 2.53. The average Bonchev–Trinajstić information content (AvgIpc) is 2.07. The van der Waals surface area contributed by atoms with Gasteiger partial charge in [-0.25, -0.2) is 9.18 Å². The fraction of sp³-hybridized carbons (Fsp3) is 0.111. The molecule has 0 amide bonds. The van der Waals surface area contributed by atoms with Crippen LogP contribution in [0, 0.1) is 24.1 Å². The van der Waals surface area contributed by atoms with Crippen LogP contribution in [-0.2, 0) is 0 Å². The Bertz CT molecular complexity index is 407. The lowest BCUT2D eigenvalue weighted by Crippen LogP contribution is -2.05. The zero-order valence-electron chi connectivity index (χ0n) is 6.84. The summed E-state index contributed by atoms with van der Waals surface area (Å²) in [5, 5.41) is 17.2. The summed E-state index contributed by atoms with van der Waals surface area (Å²) in [6, 6.07) is 3.95. The molecule has 0 saturated carbocycles. The molecular formula is C9H6FNO2. The van der Waals surface area contributed by atoms with Crippen LogP contribution in [0.5, 0.6) is 0 Å². The van der Waals surface area contributed by atoms with Crippen molar-refractivity contribution in [2.75, 3.05) is 0 Å². The molecule has 3 nitrogen and oxygen atoms in total. The third kappa shape index (κ3) is 1.49. The first kappa shape index (κ1) is 9.20. The third-order valence-corrected chi connectivity index (χ3v) is 1.69. The summed E-state index contributed by atoms with van der Waals surface area (Å²) in [5.41, 5.74) is -0.291. The summed E-state index contributed by atoms with van der Waals surface area (Å²) in [4.78, 5) is 10.6. The van der Waals surface area contributed by atoms with E-state index in [1.165, 1.54) is 19.1 Å². The molecule has 1 aromatic carbocycles. The highest BCUT2D eigenvalue weighted by atomic mass is 19.1. The van der Waals surface area contributed by atoms with Crippen molar-refractivity contribution in [1.82, 2.24) is 0 Å². The van der Waals surface area contributed by atoms with E-state index in [-0.39, 0.29) is 5.56 Å². The molecule has 0 spiro atoms. The standard InChI is InChI=1S/C9H6FNO2/c1-5-2-3-7(10)6(4-11)8(5)9(12)13/h2-3H,1H3,(H,12,13). The van der Waals surface area contributed by atoms with Crippen LogP contribution in [-0.4, -0.2) is 11.1 Å². The Morgan fingerprint density at radius 2 is 2.23 bits per heavy atom. The summed E-state index contributed by atoms with van der Waals surface area (Å²) in [6.45, 7) is 1.52. The molecule has 13 heavy (non-hydrogen) atoms. The van der Waals surface area contributed by atoms with Gasteiger partial charge in [-0.1, -0.05) is 6.07 Å². The van der Waals surface area contributed by atoms with Crippen molar-refractivity contribution in [3.8, 4) is 6.07 Å². The van der Waals surface area contributed by atoms with Crippen molar-refractivity contribution >= 4 is 5.97 Å². The monoisotopic (exact) mass is 179 g/mol. The van der Waals surface area contributed by atoms with Crippen molar-refractivity contribution in [2.24, 2.45) is 0 Å². The first-order valence-corrected chi connectivity index (χ1v) is 3.50. The van der Waals surface area contributed by atoms with Crippen LogP contribution < -0.4 is 0 Å². The number of aryl methyl sites for hydroxylation is 1. The van der Waals surface area contributed by atoms with Crippen molar-refractivity contribution in [3.05, 3.63) is 34.6 Å². The van der Waals surface area contributed by atoms with Crippen LogP contribution >= 0.6 is 0 Å². The molecule has 0 aromatic heterocycles. The average molecular weight is 179 g/mol. The largest absolute Gasteiger partial charge is 0.478 e. The highest BCUT2D eigenvalue weighted by Crippen LogP contribution is 2.16. The van der Waals surface area contributed by atoms with Gasteiger partial charge in [-0.2, -0.15) is 5.26 Å². The predicted octanol–water partition coefficient (Wildman–Crippen LogP) is 1.70. The van der Waals surface area contributed by atoms with E-state index < -0.39 is 17.3 Å². The minimum Gasteiger partial charge on any atom is -0.478 e. The Morgan fingerprint density at radius 1 is 1.62 bits per heavy atom. The van der Waals surface area contributed by atoms with Gasteiger partial charge in [0, 0.05) is 0 Å². The number of carboxylic acid groups (broad SMARTS) is 1. The molecule has 0 heterocycles.